The van der Waals surface area contributed by atoms with E-state index >= 15 is 0 Å². The number of hydrogen-bond acceptors (Lipinski definition) is 3. The lowest BCUT2D eigenvalue weighted by atomic mass is 10.1. The number of aromatic hydroxyl groups is 1. The first kappa shape index (κ1) is 10.8. The molecule has 0 aliphatic heterocycles. The summed E-state index contributed by atoms with van der Waals surface area (Å²) in [5.41, 5.74) is 1.82. The quantitative estimate of drug-likeness (QED) is 0.727. The van der Waals surface area contributed by atoms with Crippen LogP contribution in [-0.4, -0.2) is 24.3 Å². The highest BCUT2D eigenvalue weighted by atomic mass is 16.5. The van der Waals surface area contributed by atoms with E-state index < -0.39 is 0 Å². The number of methoxy groups -OCH3 is 2. The number of fused-ring (bicyclic) bond motifs is 3. The van der Waals surface area contributed by atoms with Gasteiger partial charge in [-0.25, -0.2) is 0 Å². The van der Waals surface area contributed by atoms with Crippen molar-refractivity contribution in [3.8, 4) is 17.2 Å². The van der Waals surface area contributed by atoms with Gasteiger partial charge in [0.05, 0.1) is 19.7 Å². The predicted molar refractivity (Wildman–Crippen MR) is 70.6 cm³/mol. The van der Waals surface area contributed by atoms with Crippen molar-refractivity contribution in [1.82, 2.24) is 4.98 Å². The molecule has 2 N–H and O–H groups in total. The average molecular weight is 243 g/mol. The monoisotopic (exact) mass is 243 g/mol. The third-order valence-electron chi connectivity index (χ3n) is 3.07. The van der Waals surface area contributed by atoms with Crippen molar-refractivity contribution in [2.24, 2.45) is 0 Å². The van der Waals surface area contributed by atoms with Crippen LogP contribution in [0.2, 0.25) is 0 Å². The van der Waals surface area contributed by atoms with Crippen LogP contribution in [0.25, 0.3) is 21.8 Å². The molecule has 0 saturated carbocycles. The zero-order valence-electron chi connectivity index (χ0n) is 10.2. The van der Waals surface area contributed by atoms with E-state index in [1.165, 1.54) is 0 Å². The Balaban J connectivity index is 2.46. The van der Waals surface area contributed by atoms with E-state index in [-0.39, 0.29) is 5.75 Å². The van der Waals surface area contributed by atoms with Gasteiger partial charge in [-0.15, -0.1) is 0 Å². The van der Waals surface area contributed by atoms with Crippen molar-refractivity contribution in [3.05, 3.63) is 30.3 Å². The van der Waals surface area contributed by atoms with Crippen LogP contribution in [0.5, 0.6) is 17.2 Å². The highest BCUT2D eigenvalue weighted by Gasteiger charge is 2.11. The van der Waals surface area contributed by atoms with Gasteiger partial charge in [0, 0.05) is 28.4 Å². The van der Waals surface area contributed by atoms with Crippen molar-refractivity contribution in [1.29, 1.82) is 0 Å². The predicted octanol–water partition coefficient (Wildman–Crippen LogP) is 3.04. The summed E-state index contributed by atoms with van der Waals surface area (Å²) in [5.74, 6) is 1.61. The van der Waals surface area contributed by atoms with Gasteiger partial charge >= 0.3 is 0 Å². The second kappa shape index (κ2) is 3.84. The maximum Gasteiger partial charge on any atom is 0.132 e. The molecule has 0 aliphatic carbocycles. The number of aromatic nitrogens is 1. The van der Waals surface area contributed by atoms with E-state index in [0.29, 0.717) is 5.75 Å². The molecule has 0 atom stereocenters. The summed E-state index contributed by atoms with van der Waals surface area (Å²) in [6.07, 6.45) is 0. The summed E-state index contributed by atoms with van der Waals surface area (Å²) in [6.45, 7) is 0. The second-order valence-corrected chi connectivity index (χ2v) is 4.11. The van der Waals surface area contributed by atoms with Gasteiger partial charge in [0.2, 0.25) is 0 Å². The molecular weight excluding hydrogens is 230 g/mol. The molecule has 3 rings (SSSR count). The fourth-order valence-electron chi connectivity index (χ4n) is 2.25. The van der Waals surface area contributed by atoms with Gasteiger partial charge in [-0.3, -0.25) is 0 Å². The lowest BCUT2D eigenvalue weighted by Gasteiger charge is -2.04. The fraction of sp³-hybridized carbons (Fsp3) is 0.143. The lowest BCUT2D eigenvalue weighted by molar-refractivity contribution is 0.413. The Kier molecular flexibility index (Phi) is 2.30. The van der Waals surface area contributed by atoms with E-state index in [1.54, 1.807) is 26.4 Å². The summed E-state index contributed by atoms with van der Waals surface area (Å²) < 4.78 is 10.6. The molecule has 0 aliphatic rings. The summed E-state index contributed by atoms with van der Waals surface area (Å²) in [4.78, 5) is 3.25. The number of ether oxygens (including phenoxy) is 2. The largest absolute Gasteiger partial charge is 0.508 e. The van der Waals surface area contributed by atoms with Gasteiger partial charge in [-0.1, -0.05) is 0 Å². The molecule has 0 unspecified atom stereocenters. The van der Waals surface area contributed by atoms with Crippen LogP contribution < -0.4 is 9.47 Å². The topological polar surface area (TPSA) is 54.5 Å². The van der Waals surface area contributed by atoms with Crippen LogP contribution in [0.15, 0.2) is 30.3 Å². The van der Waals surface area contributed by atoms with Gasteiger partial charge in [-0.05, 0) is 18.2 Å². The smallest absolute Gasteiger partial charge is 0.132 e. The van der Waals surface area contributed by atoms with Gasteiger partial charge in [0.25, 0.3) is 0 Å². The summed E-state index contributed by atoms with van der Waals surface area (Å²) in [5, 5.41) is 11.6. The first-order valence-electron chi connectivity index (χ1n) is 5.59. The van der Waals surface area contributed by atoms with Crippen LogP contribution in [0.1, 0.15) is 0 Å². The van der Waals surface area contributed by atoms with Gasteiger partial charge in [0.1, 0.15) is 17.2 Å². The molecule has 18 heavy (non-hydrogen) atoms. The summed E-state index contributed by atoms with van der Waals surface area (Å²) in [6, 6.07) is 9.09. The van der Waals surface area contributed by atoms with Crippen LogP contribution >= 0.6 is 0 Å². The molecule has 4 nitrogen and oxygen atoms in total. The van der Waals surface area contributed by atoms with E-state index in [9.17, 15) is 5.11 Å². The Hall–Kier alpha value is -2.36. The standard InChI is InChI=1S/C14H13NO3/c1-17-9-3-4-11-10(7-9)14-12(15-11)5-8(16)6-13(14)18-2/h3-7,15-16H,1-2H3. The maximum absolute atomic E-state index is 9.64. The zero-order valence-corrected chi connectivity index (χ0v) is 10.2. The van der Waals surface area contributed by atoms with E-state index in [1.807, 2.05) is 18.2 Å². The maximum atomic E-state index is 9.64. The highest BCUT2D eigenvalue weighted by Crippen LogP contribution is 2.37. The van der Waals surface area contributed by atoms with Crippen LogP contribution in [0, 0.1) is 0 Å². The number of nitrogens with one attached hydrogen (secondary N) is 1. The molecule has 0 saturated heterocycles. The molecule has 0 amide bonds. The van der Waals surface area contributed by atoms with Crippen molar-refractivity contribution in [2.45, 2.75) is 0 Å². The van der Waals surface area contributed by atoms with Crippen molar-refractivity contribution >= 4 is 21.8 Å². The van der Waals surface area contributed by atoms with Crippen LogP contribution in [0.4, 0.5) is 0 Å². The molecule has 1 heterocycles. The molecule has 2 aromatic carbocycles. The van der Waals surface area contributed by atoms with Gasteiger partial charge < -0.3 is 19.6 Å². The van der Waals surface area contributed by atoms with E-state index in [2.05, 4.69) is 4.98 Å². The van der Waals surface area contributed by atoms with Crippen LogP contribution in [-0.2, 0) is 0 Å². The Bertz CT molecular complexity index is 731. The Morgan fingerprint density at radius 2 is 1.83 bits per heavy atom. The first-order valence-corrected chi connectivity index (χ1v) is 5.59. The number of phenolic OH excluding ortho intramolecular Hbond substituents is 1. The number of hydrogen-bond donors (Lipinski definition) is 2. The third-order valence-corrected chi connectivity index (χ3v) is 3.07. The van der Waals surface area contributed by atoms with Gasteiger partial charge in [-0.2, -0.15) is 0 Å². The molecule has 1 aromatic heterocycles. The van der Waals surface area contributed by atoms with Crippen molar-refractivity contribution in [3.63, 3.8) is 0 Å². The Labute approximate surface area is 104 Å². The van der Waals surface area contributed by atoms with Crippen LogP contribution in [0.3, 0.4) is 0 Å². The Morgan fingerprint density at radius 3 is 2.56 bits per heavy atom. The molecule has 0 spiro atoms. The molecule has 0 bridgehead atoms. The van der Waals surface area contributed by atoms with E-state index in [4.69, 9.17) is 9.47 Å². The van der Waals surface area contributed by atoms with Crippen molar-refractivity contribution in [2.75, 3.05) is 14.2 Å². The number of aromatic amines is 1. The van der Waals surface area contributed by atoms with E-state index in [0.717, 1.165) is 27.6 Å². The number of H-pyrrole nitrogens is 1. The average Bonchev–Trinajstić information content (AvgIpc) is 2.74. The van der Waals surface area contributed by atoms with Gasteiger partial charge in [0.15, 0.2) is 0 Å². The minimum absolute atomic E-state index is 0.179. The van der Waals surface area contributed by atoms with Crippen molar-refractivity contribution < 1.29 is 14.6 Å². The second-order valence-electron chi connectivity index (χ2n) is 4.11. The fourth-order valence-corrected chi connectivity index (χ4v) is 2.25. The minimum atomic E-state index is 0.179. The molecule has 0 fully saturated rings. The number of benzene rings is 2. The molecule has 3 aromatic rings. The Morgan fingerprint density at radius 1 is 1.00 bits per heavy atom. The zero-order chi connectivity index (χ0) is 12.7. The first-order chi connectivity index (χ1) is 8.72. The summed E-state index contributed by atoms with van der Waals surface area (Å²) >= 11 is 0. The third kappa shape index (κ3) is 1.46. The number of rotatable bonds is 2. The molecule has 92 valence electrons. The molecule has 4 heteroatoms. The minimum Gasteiger partial charge on any atom is -0.508 e. The summed E-state index contributed by atoms with van der Waals surface area (Å²) in [7, 11) is 3.23. The normalized spacial score (nSPS) is 11.0. The lowest BCUT2D eigenvalue weighted by Crippen LogP contribution is -1.84. The highest BCUT2D eigenvalue weighted by molar-refractivity contribution is 6.11. The molecule has 0 radical (unpaired) electrons. The molecular formula is C14H13NO3. The number of phenols is 1. The SMILES string of the molecule is COc1ccc2[nH]c3cc(O)cc(OC)c3c2c1.